The Kier molecular flexibility index (Phi) is 4.33. The van der Waals surface area contributed by atoms with Gasteiger partial charge in [0, 0.05) is 21.2 Å². The van der Waals surface area contributed by atoms with Crippen molar-refractivity contribution in [3.8, 4) is 11.1 Å². The van der Waals surface area contributed by atoms with Crippen molar-refractivity contribution in [3.05, 3.63) is 138 Å². The van der Waals surface area contributed by atoms with Crippen LogP contribution in [0.3, 0.4) is 0 Å². The van der Waals surface area contributed by atoms with Gasteiger partial charge in [-0.25, -0.2) is 0 Å². The zero-order valence-electron chi connectivity index (χ0n) is 22.2. The van der Waals surface area contributed by atoms with Crippen molar-refractivity contribution in [3.63, 3.8) is 0 Å². The van der Waals surface area contributed by atoms with Gasteiger partial charge in [-0.05, 0) is 75.8 Å². The molecule has 0 bridgehead atoms. The van der Waals surface area contributed by atoms with Crippen LogP contribution in [0.15, 0.2) is 138 Å². The molecule has 6 aromatic carbocycles. The van der Waals surface area contributed by atoms with Crippen LogP contribution < -0.4 is 4.90 Å². The SMILES string of the molecule is [2H]c1c([2H])c(N(c2ccccc2)c2cccc3ccccc23)c([2H])c([2H])c1-c1ccc2cc(Br)ccc2c1. The molecule has 0 aliphatic heterocycles. The summed E-state index contributed by atoms with van der Waals surface area (Å²) >= 11 is 3.50. The molecule has 0 N–H and O–H groups in total. The second kappa shape index (κ2) is 8.81. The molecule has 0 radical (unpaired) electrons. The van der Waals surface area contributed by atoms with E-state index in [-0.39, 0.29) is 29.9 Å². The van der Waals surface area contributed by atoms with Crippen LogP contribution in [0.5, 0.6) is 0 Å². The van der Waals surface area contributed by atoms with Gasteiger partial charge in [0.05, 0.1) is 11.2 Å². The average Bonchev–Trinajstić information content (AvgIpc) is 2.95. The van der Waals surface area contributed by atoms with Crippen LogP contribution >= 0.6 is 15.9 Å². The Labute approximate surface area is 213 Å². The van der Waals surface area contributed by atoms with E-state index in [1.807, 2.05) is 114 Å². The lowest BCUT2D eigenvalue weighted by Crippen LogP contribution is -2.10. The molecule has 34 heavy (non-hydrogen) atoms. The van der Waals surface area contributed by atoms with E-state index >= 15 is 0 Å². The first-order valence-corrected chi connectivity index (χ1v) is 11.9. The molecule has 0 amide bonds. The minimum atomic E-state index is -0.0892. The Hall–Kier alpha value is -3.88. The molecule has 6 rings (SSSR count). The highest BCUT2D eigenvalue weighted by atomic mass is 79.9. The van der Waals surface area contributed by atoms with E-state index in [9.17, 15) is 0 Å². The molecule has 2 heteroatoms. The fourth-order valence-corrected chi connectivity index (χ4v) is 4.68. The summed E-state index contributed by atoms with van der Waals surface area (Å²) in [5.74, 6) is 0. The van der Waals surface area contributed by atoms with Crippen molar-refractivity contribution in [2.24, 2.45) is 0 Å². The molecule has 0 atom stereocenters. The summed E-state index contributed by atoms with van der Waals surface area (Å²) in [4.78, 5) is 1.84. The van der Waals surface area contributed by atoms with Gasteiger partial charge in [0.15, 0.2) is 0 Å². The third-order valence-electron chi connectivity index (χ3n) is 5.95. The summed E-state index contributed by atoms with van der Waals surface area (Å²) in [5.41, 5.74) is 2.71. The third kappa shape index (κ3) is 3.87. The summed E-state index contributed by atoms with van der Waals surface area (Å²) < 4.78 is 37.2. The van der Waals surface area contributed by atoms with E-state index in [0.29, 0.717) is 11.1 Å². The highest BCUT2D eigenvalue weighted by Crippen LogP contribution is 2.39. The Morgan fingerprint density at radius 3 is 2.09 bits per heavy atom. The minimum Gasteiger partial charge on any atom is -0.310 e. The number of benzene rings is 6. The number of hydrogen-bond acceptors (Lipinski definition) is 1. The van der Waals surface area contributed by atoms with E-state index in [1.54, 1.807) is 0 Å². The van der Waals surface area contributed by atoms with Crippen molar-refractivity contribution in [1.82, 2.24) is 0 Å². The fraction of sp³-hybridized carbons (Fsp3) is 0. The number of halogens is 1. The maximum absolute atomic E-state index is 9.11. The zero-order chi connectivity index (χ0) is 26.4. The highest BCUT2D eigenvalue weighted by molar-refractivity contribution is 9.10. The highest BCUT2D eigenvalue weighted by Gasteiger charge is 2.15. The van der Waals surface area contributed by atoms with Gasteiger partial charge in [-0.2, -0.15) is 0 Å². The molecule has 0 aliphatic rings. The number of rotatable bonds is 4. The first-order chi connectivity index (χ1) is 18.4. The van der Waals surface area contributed by atoms with Crippen LogP contribution in [0, 0.1) is 0 Å². The molecular formula is C32H22BrN. The van der Waals surface area contributed by atoms with Crippen molar-refractivity contribution < 1.29 is 5.48 Å². The topological polar surface area (TPSA) is 3.24 Å². The maximum atomic E-state index is 9.11. The lowest BCUT2D eigenvalue weighted by molar-refractivity contribution is 1.30. The van der Waals surface area contributed by atoms with E-state index in [2.05, 4.69) is 15.9 Å². The first kappa shape index (κ1) is 16.7. The minimum absolute atomic E-state index is 0.0707. The Bertz CT molecular complexity index is 1800. The summed E-state index contributed by atoms with van der Waals surface area (Å²) in [6.07, 6.45) is 0. The van der Waals surface area contributed by atoms with Crippen LogP contribution in [-0.2, 0) is 0 Å². The van der Waals surface area contributed by atoms with Crippen LogP contribution in [-0.4, -0.2) is 0 Å². The lowest BCUT2D eigenvalue weighted by Gasteiger charge is -2.27. The number of para-hydroxylation sites is 1. The molecule has 0 spiro atoms. The van der Waals surface area contributed by atoms with Crippen LogP contribution in [0.2, 0.25) is 0 Å². The molecule has 0 aromatic heterocycles. The molecule has 0 saturated carbocycles. The summed E-state index contributed by atoms with van der Waals surface area (Å²) in [6.45, 7) is 0. The third-order valence-corrected chi connectivity index (χ3v) is 6.44. The number of hydrogen-bond donors (Lipinski definition) is 0. The van der Waals surface area contributed by atoms with Crippen molar-refractivity contribution in [2.75, 3.05) is 4.90 Å². The molecule has 6 aromatic rings. The second-order valence-corrected chi connectivity index (χ2v) is 9.01. The predicted molar refractivity (Wildman–Crippen MR) is 149 cm³/mol. The van der Waals surface area contributed by atoms with Gasteiger partial charge in [0.25, 0.3) is 0 Å². The van der Waals surface area contributed by atoms with Gasteiger partial charge in [-0.15, -0.1) is 0 Å². The predicted octanol–water partition coefficient (Wildman–Crippen LogP) is 9.89. The van der Waals surface area contributed by atoms with Crippen molar-refractivity contribution in [1.29, 1.82) is 0 Å². The van der Waals surface area contributed by atoms with E-state index in [1.165, 1.54) is 0 Å². The molecule has 162 valence electrons. The van der Waals surface area contributed by atoms with Gasteiger partial charge in [0.2, 0.25) is 0 Å². The summed E-state index contributed by atoms with van der Waals surface area (Å²) in [6, 6.07) is 34.8. The monoisotopic (exact) mass is 503 g/mol. The van der Waals surface area contributed by atoms with E-state index in [4.69, 9.17) is 5.48 Å². The Balaban J connectivity index is 1.61. The van der Waals surface area contributed by atoms with Crippen LogP contribution in [0.1, 0.15) is 5.48 Å². The van der Waals surface area contributed by atoms with Crippen molar-refractivity contribution >= 4 is 54.5 Å². The number of fused-ring (bicyclic) bond motifs is 2. The Morgan fingerprint density at radius 2 is 1.24 bits per heavy atom. The molecule has 0 fully saturated rings. The molecule has 0 aliphatic carbocycles. The van der Waals surface area contributed by atoms with Gasteiger partial charge < -0.3 is 4.90 Å². The number of nitrogens with zero attached hydrogens (tertiary/aromatic N) is 1. The molecule has 0 heterocycles. The fourth-order valence-electron chi connectivity index (χ4n) is 4.30. The van der Waals surface area contributed by atoms with Crippen LogP contribution in [0.25, 0.3) is 32.7 Å². The van der Waals surface area contributed by atoms with Gasteiger partial charge in [-0.3, -0.25) is 0 Å². The van der Waals surface area contributed by atoms with Gasteiger partial charge in [0.1, 0.15) is 0 Å². The quantitative estimate of drug-likeness (QED) is 0.231. The lowest BCUT2D eigenvalue weighted by atomic mass is 10.0. The van der Waals surface area contributed by atoms with Crippen LogP contribution in [0.4, 0.5) is 17.1 Å². The molecule has 0 unspecified atom stereocenters. The maximum Gasteiger partial charge on any atom is 0.0645 e. The molecule has 0 saturated heterocycles. The summed E-state index contributed by atoms with van der Waals surface area (Å²) in [7, 11) is 0. The molecular weight excluding hydrogens is 478 g/mol. The molecule has 1 nitrogen and oxygen atoms in total. The average molecular weight is 504 g/mol. The first-order valence-electron chi connectivity index (χ1n) is 13.1. The van der Waals surface area contributed by atoms with E-state index in [0.717, 1.165) is 37.4 Å². The van der Waals surface area contributed by atoms with Crippen molar-refractivity contribution in [2.45, 2.75) is 0 Å². The van der Waals surface area contributed by atoms with E-state index < -0.39 is 0 Å². The largest absolute Gasteiger partial charge is 0.310 e. The zero-order valence-corrected chi connectivity index (χ0v) is 19.8. The smallest absolute Gasteiger partial charge is 0.0645 e. The second-order valence-electron chi connectivity index (χ2n) is 8.10. The number of anilines is 3. The summed E-state index contributed by atoms with van der Waals surface area (Å²) in [5, 5.41) is 3.98. The van der Waals surface area contributed by atoms with Gasteiger partial charge in [-0.1, -0.05) is 101 Å². The Morgan fingerprint density at radius 1 is 0.529 bits per heavy atom. The normalized spacial score (nSPS) is 12.7. The van der Waals surface area contributed by atoms with Gasteiger partial charge >= 0.3 is 0 Å². The standard InChI is InChI=1S/C32H22BrN/c33-28-18-15-26-21-25(13-14-27(26)22-28)23-16-19-30(20-17-23)34(29-9-2-1-3-10-29)32-12-6-8-24-7-4-5-11-31(24)32/h1-22H/i16D,17D,19D,20D.